The van der Waals surface area contributed by atoms with E-state index >= 15 is 0 Å². The lowest BCUT2D eigenvalue weighted by Gasteiger charge is -2.18. The molecule has 0 saturated carbocycles. The summed E-state index contributed by atoms with van der Waals surface area (Å²) in [5.74, 6) is 0. The van der Waals surface area contributed by atoms with Crippen molar-refractivity contribution in [2.24, 2.45) is 5.73 Å². The summed E-state index contributed by atoms with van der Waals surface area (Å²) in [6.45, 7) is 5.53. The number of aromatic nitrogens is 3. The Hall–Kier alpha value is -1.51. The van der Waals surface area contributed by atoms with Gasteiger partial charge in [0.15, 0.2) is 0 Å². The Labute approximate surface area is 118 Å². The number of hydrogen-bond acceptors (Lipinski definition) is 5. The first-order valence-electron chi connectivity index (χ1n) is 6.58. The predicted molar refractivity (Wildman–Crippen MR) is 76.7 cm³/mol. The number of nitrogens with zero attached hydrogens (tertiary/aromatic N) is 4. The molecule has 2 aromatic rings. The fourth-order valence-electron chi connectivity index (χ4n) is 2.11. The highest BCUT2D eigenvalue weighted by atomic mass is 32.2. The molecule has 0 aliphatic heterocycles. The molecule has 0 unspecified atom stereocenters. The summed E-state index contributed by atoms with van der Waals surface area (Å²) in [6.07, 6.45) is 0. The predicted octanol–water partition coefficient (Wildman–Crippen LogP) is 0.421. The molecule has 1 aromatic heterocycles. The fraction of sp³-hybridized carbons (Fsp3) is 0.500. The van der Waals surface area contributed by atoms with E-state index in [-0.39, 0.29) is 4.90 Å². The molecular formula is C12H19N5O2S. The number of rotatable bonds is 6. The van der Waals surface area contributed by atoms with Crippen LogP contribution in [0.1, 0.15) is 13.8 Å². The van der Waals surface area contributed by atoms with Crippen LogP contribution in [0.15, 0.2) is 23.1 Å². The van der Waals surface area contributed by atoms with Gasteiger partial charge in [-0.25, -0.2) is 13.1 Å². The highest BCUT2D eigenvalue weighted by molar-refractivity contribution is 7.89. The lowest BCUT2D eigenvalue weighted by atomic mass is 10.3. The molecule has 20 heavy (non-hydrogen) atoms. The number of hydrogen-bond donors (Lipinski definition) is 1. The van der Waals surface area contributed by atoms with Crippen LogP contribution in [0.5, 0.6) is 0 Å². The van der Waals surface area contributed by atoms with E-state index in [1.807, 2.05) is 13.8 Å². The Morgan fingerprint density at radius 2 is 2.00 bits per heavy atom. The SMILES string of the molecule is CCN(CC)S(=O)(=O)c1ccc2c(c1)nnn2CCN. The van der Waals surface area contributed by atoms with Crippen molar-refractivity contribution in [3.05, 3.63) is 18.2 Å². The third-order valence-corrected chi connectivity index (χ3v) is 5.22. The molecule has 8 heteroatoms. The minimum Gasteiger partial charge on any atom is -0.329 e. The molecule has 0 aliphatic rings. The van der Waals surface area contributed by atoms with Crippen molar-refractivity contribution in [2.75, 3.05) is 19.6 Å². The van der Waals surface area contributed by atoms with Gasteiger partial charge in [-0.1, -0.05) is 19.1 Å². The summed E-state index contributed by atoms with van der Waals surface area (Å²) in [5, 5.41) is 7.97. The summed E-state index contributed by atoms with van der Waals surface area (Å²) in [6, 6.07) is 4.87. The molecular weight excluding hydrogens is 278 g/mol. The highest BCUT2D eigenvalue weighted by Crippen LogP contribution is 2.20. The van der Waals surface area contributed by atoms with Crippen LogP contribution in [-0.2, 0) is 16.6 Å². The standard InChI is InChI=1S/C12H19N5O2S/c1-3-16(4-2)20(18,19)10-5-6-12-11(9-10)14-15-17(12)8-7-13/h5-6,9H,3-4,7-8,13H2,1-2H3. The van der Waals surface area contributed by atoms with Crippen LogP contribution in [0, 0.1) is 0 Å². The van der Waals surface area contributed by atoms with Crippen molar-refractivity contribution >= 4 is 21.1 Å². The maximum absolute atomic E-state index is 12.4. The molecule has 1 aromatic carbocycles. The largest absolute Gasteiger partial charge is 0.329 e. The van der Waals surface area contributed by atoms with Crippen molar-refractivity contribution in [3.8, 4) is 0 Å². The second kappa shape index (κ2) is 5.86. The van der Waals surface area contributed by atoms with E-state index in [9.17, 15) is 8.42 Å². The summed E-state index contributed by atoms with van der Waals surface area (Å²) in [7, 11) is -3.46. The summed E-state index contributed by atoms with van der Waals surface area (Å²) in [5.41, 5.74) is 6.84. The van der Waals surface area contributed by atoms with E-state index in [1.165, 1.54) is 4.31 Å². The summed E-state index contributed by atoms with van der Waals surface area (Å²) >= 11 is 0. The molecule has 0 aliphatic carbocycles. The number of sulfonamides is 1. The second-order valence-electron chi connectivity index (χ2n) is 4.34. The van der Waals surface area contributed by atoms with Gasteiger partial charge in [-0.05, 0) is 18.2 Å². The third kappa shape index (κ3) is 2.54. The Morgan fingerprint density at radius 1 is 1.30 bits per heavy atom. The van der Waals surface area contributed by atoms with Crippen molar-refractivity contribution in [1.82, 2.24) is 19.3 Å². The Balaban J connectivity index is 2.47. The van der Waals surface area contributed by atoms with Crippen LogP contribution < -0.4 is 5.73 Å². The maximum Gasteiger partial charge on any atom is 0.243 e. The van der Waals surface area contributed by atoms with Gasteiger partial charge in [0.2, 0.25) is 10.0 Å². The zero-order valence-corrected chi connectivity index (χ0v) is 12.5. The molecule has 0 spiro atoms. The Bertz CT molecular complexity index is 691. The van der Waals surface area contributed by atoms with Crippen LogP contribution in [0.25, 0.3) is 11.0 Å². The quantitative estimate of drug-likeness (QED) is 0.834. The van der Waals surface area contributed by atoms with Gasteiger partial charge in [-0.2, -0.15) is 4.31 Å². The molecule has 2 rings (SSSR count). The molecule has 0 amide bonds. The van der Waals surface area contributed by atoms with Gasteiger partial charge in [-0.15, -0.1) is 5.10 Å². The third-order valence-electron chi connectivity index (χ3n) is 3.17. The van der Waals surface area contributed by atoms with E-state index in [4.69, 9.17) is 5.73 Å². The molecule has 0 radical (unpaired) electrons. The van der Waals surface area contributed by atoms with E-state index in [1.54, 1.807) is 22.9 Å². The van der Waals surface area contributed by atoms with E-state index < -0.39 is 10.0 Å². The molecule has 0 atom stereocenters. The van der Waals surface area contributed by atoms with Gasteiger partial charge >= 0.3 is 0 Å². The van der Waals surface area contributed by atoms with Gasteiger partial charge in [0, 0.05) is 19.6 Å². The lowest BCUT2D eigenvalue weighted by molar-refractivity contribution is 0.445. The average Bonchev–Trinajstić information content (AvgIpc) is 2.83. The normalized spacial score (nSPS) is 12.4. The monoisotopic (exact) mass is 297 g/mol. The lowest BCUT2D eigenvalue weighted by Crippen LogP contribution is -2.30. The molecule has 2 N–H and O–H groups in total. The summed E-state index contributed by atoms with van der Waals surface area (Å²) in [4.78, 5) is 0.244. The molecule has 0 saturated heterocycles. The molecule has 7 nitrogen and oxygen atoms in total. The first-order valence-corrected chi connectivity index (χ1v) is 8.02. The molecule has 0 bridgehead atoms. The van der Waals surface area contributed by atoms with Crippen LogP contribution >= 0.6 is 0 Å². The van der Waals surface area contributed by atoms with Crippen molar-refractivity contribution in [3.63, 3.8) is 0 Å². The minimum atomic E-state index is -3.46. The first kappa shape index (κ1) is 14.9. The molecule has 1 heterocycles. The van der Waals surface area contributed by atoms with Gasteiger partial charge in [-0.3, -0.25) is 0 Å². The number of fused-ring (bicyclic) bond motifs is 1. The number of nitrogens with two attached hydrogens (primary N) is 1. The Kier molecular flexibility index (Phi) is 4.36. The Morgan fingerprint density at radius 3 is 2.60 bits per heavy atom. The van der Waals surface area contributed by atoms with Crippen LogP contribution in [0.4, 0.5) is 0 Å². The molecule has 110 valence electrons. The van der Waals surface area contributed by atoms with Gasteiger partial charge in [0.25, 0.3) is 0 Å². The average molecular weight is 297 g/mol. The second-order valence-corrected chi connectivity index (χ2v) is 6.28. The zero-order valence-electron chi connectivity index (χ0n) is 11.7. The van der Waals surface area contributed by atoms with Crippen LogP contribution in [-0.4, -0.2) is 47.4 Å². The summed E-state index contributed by atoms with van der Waals surface area (Å²) < 4.78 is 27.9. The van der Waals surface area contributed by atoms with Gasteiger partial charge < -0.3 is 5.73 Å². The van der Waals surface area contributed by atoms with E-state index in [0.29, 0.717) is 31.7 Å². The van der Waals surface area contributed by atoms with Crippen molar-refractivity contribution < 1.29 is 8.42 Å². The zero-order chi connectivity index (χ0) is 14.8. The molecule has 0 fully saturated rings. The van der Waals surface area contributed by atoms with Gasteiger partial charge in [0.05, 0.1) is 17.0 Å². The van der Waals surface area contributed by atoms with E-state index in [2.05, 4.69) is 10.3 Å². The van der Waals surface area contributed by atoms with Crippen LogP contribution in [0.2, 0.25) is 0 Å². The minimum absolute atomic E-state index is 0.244. The maximum atomic E-state index is 12.4. The van der Waals surface area contributed by atoms with Crippen molar-refractivity contribution in [1.29, 1.82) is 0 Å². The van der Waals surface area contributed by atoms with Crippen LogP contribution in [0.3, 0.4) is 0 Å². The fourth-order valence-corrected chi connectivity index (χ4v) is 3.59. The van der Waals surface area contributed by atoms with Gasteiger partial charge in [0.1, 0.15) is 5.52 Å². The topological polar surface area (TPSA) is 94.1 Å². The highest BCUT2D eigenvalue weighted by Gasteiger charge is 2.22. The number of benzene rings is 1. The van der Waals surface area contributed by atoms with E-state index in [0.717, 1.165) is 5.52 Å². The first-order chi connectivity index (χ1) is 9.54. The smallest absolute Gasteiger partial charge is 0.243 e. The van der Waals surface area contributed by atoms with Crippen molar-refractivity contribution in [2.45, 2.75) is 25.3 Å².